The third-order valence-electron chi connectivity index (χ3n) is 2.09. The summed E-state index contributed by atoms with van der Waals surface area (Å²) in [6.45, 7) is 7.39. The van der Waals surface area contributed by atoms with Crippen molar-refractivity contribution in [3.63, 3.8) is 0 Å². The number of esters is 1. The van der Waals surface area contributed by atoms with E-state index in [9.17, 15) is 4.79 Å². The molecule has 0 amide bonds. The van der Waals surface area contributed by atoms with Crippen molar-refractivity contribution >= 4 is 11.7 Å². The summed E-state index contributed by atoms with van der Waals surface area (Å²) in [6.07, 6.45) is 0. The summed E-state index contributed by atoms with van der Waals surface area (Å²) in [7, 11) is 0. The molecule has 0 spiro atoms. The molecule has 0 aromatic heterocycles. The quantitative estimate of drug-likeness (QED) is 0.777. The number of benzene rings is 1. The van der Waals surface area contributed by atoms with Crippen LogP contribution in [-0.4, -0.2) is 19.1 Å². The lowest BCUT2D eigenvalue weighted by Crippen LogP contribution is -2.09. The minimum atomic E-state index is -0.268. The number of anilines is 1. The molecular weight excluding hydrogens is 202 g/mol. The highest BCUT2D eigenvalue weighted by molar-refractivity contribution is 5.90. The SMILES string of the molecule is CCOC(=O)c1cccc(NCC(C)C)c1. The number of rotatable bonds is 5. The van der Waals surface area contributed by atoms with Crippen LogP contribution in [0.2, 0.25) is 0 Å². The fraction of sp³-hybridized carbons (Fsp3) is 0.462. The van der Waals surface area contributed by atoms with E-state index >= 15 is 0 Å². The molecule has 0 aliphatic heterocycles. The first kappa shape index (κ1) is 12.6. The van der Waals surface area contributed by atoms with E-state index in [4.69, 9.17) is 4.74 Å². The van der Waals surface area contributed by atoms with Crippen LogP contribution in [-0.2, 0) is 4.74 Å². The Balaban J connectivity index is 2.67. The molecule has 0 aliphatic carbocycles. The van der Waals surface area contributed by atoms with Gasteiger partial charge in [-0.25, -0.2) is 4.79 Å². The summed E-state index contributed by atoms with van der Waals surface area (Å²) in [5, 5.41) is 3.27. The molecule has 1 aromatic carbocycles. The smallest absolute Gasteiger partial charge is 0.338 e. The Morgan fingerprint density at radius 3 is 2.81 bits per heavy atom. The van der Waals surface area contributed by atoms with Crippen LogP contribution in [0.1, 0.15) is 31.1 Å². The summed E-state index contributed by atoms with van der Waals surface area (Å²) in [6, 6.07) is 7.39. The second kappa shape index (κ2) is 6.16. The van der Waals surface area contributed by atoms with E-state index in [1.54, 1.807) is 13.0 Å². The van der Waals surface area contributed by atoms with Crippen LogP contribution in [0.4, 0.5) is 5.69 Å². The standard InChI is InChI=1S/C13H19NO2/c1-4-16-13(15)11-6-5-7-12(8-11)14-9-10(2)3/h5-8,10,14H,4,9H2,1-3H3. The molecule has 0 radical (unpaired) electrons. The first-order chi connectivity index (χ1) is 7.63. The predicted molar refractivity (Wildman–Crippen MR) is 65.7 cm³/mol. The Hall–Kier alpha value is -1.51. The van der Waals surface area contributed by atoms with Gasteiger partial charge >= 0.3 is 5.97 Å². The molecule has 0 aliphatic rings. The molecule has 0 bridgehead atoms. The van der Waals surface area contributed by atoms with Crippen LogP contribution in [0, 0.1) is 5.92 Å². The van der Waals surface area contributed by atoms with Crippen molar-refractivity contribution < 1.29 is 9.53 Å². The molecule has 0 saturated heterocycles. The summed E-state index contributed by atoms with van der Waals surface area (Å²) >= 11 is 0. The molecule has 1 aromatic rings. The molecule has 1 N–H and O–H groups in total. The summed E-state index contributed by atoms with van der Waals surface area (Å²) in [5.74, 6) is 0.307. The van der Waals surface area contributed by atoms with Crippen LogP contribution >= 0.6 is 0 Å². The second-order valence-electron chi connectivity index (χ2n) is 4.08. The topological polar surface area (TPSA) is 38.3 Å². The lowest BCUT2D eigenvalue weighted by molar-refractivity contribution is 0.0526. The minimum Gasteiger partial charge on any atom is -0.462 e. The van der Waals surface area contributed by atoms with E-state index in [-0.39, 0.29) is 5.97 Å². The Labute approximate surface area is 96.8 Å². The first-order valence-electron chi connectivity index (χ1n) is 5.64. The Morgan fingerprint density at radius 2 is 2.19 bits per heavy atom. The van der Waals surface area contributed by atoms with E-state index in [2.05, 4.69) is 19.2 Å². The Kier molecular flexibility index (Phi) is 4.83. The lowest BCUT2D eigenvalue weighted by atomic mass is 10.2. The molecule has 3 heteroatoms. The largest absolute Gasteiger partial charge is 0.462 e. The van der Waals surface area contributed by atoms with Gasteiger partial charge < -0.3 is 10.1 Å². The van der Waals surface area contributed by atoms with Gasteiger partial charge in [-0.3, -0.25) is 0 Å². The van der Waals surface area contributed by atoms with Gasteiger partial charge in [0, 0.05) is 12.2 Å². The molecule has 0 fully saturated rings. The third-order valence-corrected chi connectivity index (χ3v) is 2.09. The number of carbonyl (C=O) groups is 1. The van der Waals surface area contributed by atoms with E-state index in [0.29, 0.717) is 18.1 Å². The number of ether oxygens (including phenoxy) is 1. The molecular formula is C13H19NO2. The fourth-order valence-corrected chi connectivity index (χ4v) is 1.29. The summed E-state index contributed by atoms with van der Waals surface area (Å²) in [4.78, 5) is 11.5. The Morgan fingerprint density at radius 1 is 1.44 bits per heavy atom. The van der Waals surface area contributed by atoms with Gasteiger partial charge in [0.05, 0.1) is 12.2 Å². The van der Waals surface area contributed by atoms with Gasteiger partial charge in [-0.15, -0.1) is 0 Å². The van der Waals surface area contributed by atoms with Crippen molar-refractivity contribution in [3.05, 3.63) is 29.8 Å². The minimum absolute atomic E-state index is 0.268. The van der Waals surface area contributed by atoms with E-state index in [1.165, 1.54) is 0 Å². The highest BCUT2D eigenvalue weighted by atomic mass is 16.5. The molecule has 0 atom stereocenters. The number of hydrogen-bond donors (Lipinski definition) is 1. The fourth-order valence-electron chi connectivity index (χ4n) is 1.29. The van der Waals surface area contributed by atoms with Crippen LogP contribution in [0.5, 0.6) is 0 Å². The number of carbonyl (C=O) groups excluding carboxylic acids is 1. The zero-order valence-corrected chi connectivity index (χ0v) is 10.1. The summed E-state index contributed by atoms with van der Waals surface area (Å²) < 4.78 is 4.94. The highest BCUT2D eigenvalue weighted by Gasteiger charge is 2.06. The molecule has 1 rings (SSSR count). The average molecular weight is 221 g/mol. The average Bonchev–Trinajstić information content (AvgIpc) is 2.27. The maximum atomic E-state index is 11.5. The maximum absolute atomic E-state index is 11.5. The van der Waals surface area contributed by atoms with Crippen LogP contribution in [0.3, 0.4) is 0 Å². The summed E-state index contributed by atoms with van der Waals surface area (Å²) in [5.41, 5.74) is 1.55. The van der Waals surface area contributed by atoms with Gasteiger partial charge in [0.15, 0.2) is 0 Å². The van der Waals surface area contributed by atoms with Gasteiger partial charge in [0.25, 0.3) is 0 Å². The lowest BCUT2D eigenvalue weighted by Gasteiger charge is -2.09. The van der Waals surface area contributed by atoms with Gasteiger partial charge in [0.2, 0.25) is 0 Å². The number of hydrogen-bond acceptors (Lipinski definition) is 3. The molecule has 3 nitrogen and oxygen atoms in total. The highest BCUT2D eigenvalue weighted by Crippen LogP contribution is 2.12. The van der Waals surface area contributed by atoms with Crippen molar-refractivity contribution in [1.29, 1.82) is 0 Å². The van der Waals surface area contributed by atoms with Gasteiger partial charge in [-0.05, 0) is 31.0 Å². The van der Waals surface area contributed by atoms with Gasteiger partial charge in [-0.2, -0.15) is 0 Å². The van der Waals surface area contributed by atoms with Crippen molar-refractivity contribution in [2.24, 2.45) is 5.92 Å². The van der Waals surface area contributed by atoms with E-state index < -0.39 is 0 Å². The molecule has 0 heterocycles. The van der Waals surface area contributed by atoms with Crippen LogP contribution in [0.25, 0.3) is 0 Å². The van der Waals surface area contributed by atoms with Crippen molar-refractivity contribution in [2.75, 3.05) is 18.5 Å². The van der Waals surface area contributed by atoms with Crippen LogP contribution in [0.15, 0.2) is 24.3 Å². The van der Waals surface area contributed by atoms with E-state index in [0.717, 1.165) is 12.2 Å². The third kappa shape index (κ3) is 3.93. The second-order valence-corrected chi connectivity index (χ2v) is 4.08. The maximum Gasteiger partial charge on any atom is 0.338 e. The molecule has 0 unspecified atom stereocenters. The Bertz CT molecular complexity index is 348. The zero-order valence-electron chi connectivity index (χ0n) is 10.1. The van der Waals surface area contributed by atoms with Gasteiger partial charge in [-0.1, -0.05) is 19.9 Å². The first-order valence-corrected chi connectivity index (χ1v) is 5.64. The van der Waals surface area contributed by atoms with Gasteiger partial charge in [0.1, 0.15) is 0 Å². The molecule has 88 valence electrons. The predicted octanol–water partition coefficient (Wildman–Crippen LogP) is 2.93. The van der Waals surface area contributed by atoms with Crippen molar-refractivity contribution in [1.82, 2.24) is 0 Å². The van der Waals surface area contributed by atoms with Crippen LogP contribution < -0.4 is 5.32 Å². The van der Waals surface area contributed by atoms with E-state index in [1.807, 2.05) is 18.2 Å². The molecule has 16 heavy (non-hydrogen) atoms. The normalized spacial score (nSPS) is 10.2. The van der Waals surface area contributed by atoms with Crippen molar-refractivity contribution in [2.45, 2.75) is 20.8 Å². The molecule has 0 saturated carbocycles. The number of nitrogens with one attached hydrogen (secondary N) is 1. The van der Waals surface area contributed by atoms with Crippen molar-refractivity contribution in [3.8, 4) is 0 Å². The monoisotopic (exact) mass is 221 g/mol. The zero-order chi connectivity index (χ0) is 12.0.